The Kier molecular flexibility index (Phi) is 4.57. The van der Waals surface area contributed by atoms with Gasteiger partial charge >= 0.3 is 0 Å². The summed E-state index contributed by atoms with van der Waals surface area (Å²) in [6.07, 6.45) is 2.10. The molecule has 1 heterocycles. The van der Waals surface area contributed by atoms with E-state index in [0.29, 0.717) is 0 Å². The summed E-state index contributed by atoms with van der Waals surface area (Å²) in [5.74, 6) is 0.770. The van der Waals surface area contributed by atoms with Crippen molar-refractivity contribution in [3.63, 3.8) is 0 Å². The van der Waals surface area contributed by atoms with Crippen molar-refractivity contribution in [3.05, 3.63) is 53.9 Å². The average molecular weight is 345 g/mol. The predicted molar refractivity (Wildman–Crippen MR) is 108 cm³/mol. The van der Waals surface area contributed by atoms with Gasteiger partial charge in [0.05, 0.1) is 5.36 Å². The van der Waals surface area contributed by atoms with Gasteiger partial charge in [0.1, 0.15) is 11.2 Å². The van der Waals surface area contributed by atoms with Gasteiger partial charge in [-0.05, 0) is 25.0 Å². The van der Waals surface area contributed by atoms with E-state index in [4.69, 9.17) is 9.40 Å². The molecular formula is C22H23N3O. The molecule has 0 radical (unpaired) electrons. The fraction of sp³-hybridized carbons (Fsp3) is 0.273. The summed E-state index contributed by atoms with van der Waals surface area (Å²) in [6, 6.07) is 16.4. The summed E-state index contributed by atoms with van der Waals surface area (Å²) in [4.78, 5) is 9.45. The van der Waals surface area contributed by atoms with E-state index < -0.39 is 0 Å². The van der Waals surface area contributed by atoms with Crippen LogP contribution in [0.1, 0.15) is 26.7 Å². The third-order valence-corrected chi connectivity index (χ3v) is 4.46. The molecule has 2 aromatic carbocycles. The second-order valence-corrected chi connectivity index (χ2v) is 6.49. The van der Waals surface area contributed by atoms with Crippen molar-refractivity contribution in [3.8, 4) is 11.5 Å². The largest absolute Gasteiger partial charge is 0.453 e. The van der Waals surface area contributed by atoms with Crippen LogP contribution in [0.4, 0.5) is 5.69 Å². The highest BCUT2D eigenvalue weighted by Crippen LogP contribution is 2.33. The van der Waals surface area contributed by atoms with Crippen LogP contribution < -0.4 is 10.7 Å². The summed E-state index contributed by atoms with van der Waals surface area (Å²) >= 11 is 0. The van der Waals surface area contributed by atoms with Crippen LogP contribution >= 0.6 is 0 Å². The summed E-state index contributed by atoms with van der Waals surface area (Å²) in [5.41, 5.74) is 3.63. The number of nitrogens with one attached hydrogen (secondary N) is 1. The lowest BCUT2D eigenvalue weighted by atomic mass is 10.1. The Hall–Kier alpha value is -2.88. The maximum Gasteiger partial charge on any atom is 0.155 e. The van der Waals surface area contributed by atoms with Gasteiger partial charge in [0.15, 0.2) is 11.3 Å². The molecule has 0 unspecified atom stereocenters. The monoisotopic (exact) mass is 345 g/mol. The number of rotatable bonds is 5. The SMILES string of the molecule is CCCN=c1ccc2nc3c(cc(NCCC)c4ccccc43)oc-2c1. The standard InChI is InChI=1S/C22H23N3O/c1-3-11-23-15-9-10-18-20(13-15)26-21-14-19(24-12-4-2)16-7-5-6-8-17(16)22(21)25-18/h5-10,13-14,24H,3-4,11-12H2,1-2H3. The van der Waals surface area contributed by atoms with Crippen molar-refractivity contribution in [1.29, 1.82) is 0 Å². The molecule has 0 fully saturated rings. The first-order valence-electron chi connectivity index (χ1n) is 9.31. The minimum atomic E-state index is 0.770. The summed E-state index contributed by atoms with van der Waals surface area (Å²) in [6.45, 7) is 6.04. The minimum Gasteiger partial charge on any atom is -0.453 e. The average Bonchev–Trinajstić information content (AvgIpc) is 2.69. The molecule has 0 atom stereocenters. The van der Waals surface area contributed by atoms with Gasteiger partial charge in [0, 0.05) is 41.7 Å². The highest BCUT2D eigenvalue weighted by molar-refractivity contribution is 6.10. The van der Waals surface area contributed by atoms with E-state index in [1.165, 1.54) is 5.39 Å². The fourth-order valence-electron chi connectivity index (χ4n) is 3.19. The zero-order chi connectivity index (χ0) is 17.9. The lowest BCUT2D eigenvalue weighted by molar-refractivity contribution is 0.612. The van der Waals surface area contributed by atoms with E-state index in [1.54, 1.807) is 0 Å². The van der Waals surface area contributed by atoms with Crippen LogP contribution in [-0.4, -0.2) is 18.1 Å². The third-order valence-electron chi connectivity index (χ3n) is 4.46. The molecule has 26 heavy (non-hydrogen) atoms. The Labute approximate surface area is 152 Å². The van der Waals surface area contributed by atoms with Crippen molar-refractivity contribution in [2.45, 2.75) is 26.7 Å². The summed E-state index contributed by atoms with van der Waals surface area (Å²) in [5, 5.41) is 6.73. The van der Waals surface area contributed by atoms with Gasteiger partial charge in [-0.3, -0.25) is 4.99 Å². The summed E-state index contributed by atoms with van der Waals surface area (Å²) < 4.78 is 6.23. The first-order valence-corrected chi connectivity index (χ1v) is 9.31. The van der Waals surface area contributed by atoms with Crippen molar-refractivity contribution >= 4 is 27.6 Å². The van der Waals surface area contributed by atoms with Gasteiger partial charge in [0.2, 0.25) is 0 Å². The first-order chi connectivity index (χ1) is 12.8. The number of fused-ring (bicyclic) bond motifs is 4. The van der Waals surface area contributed by atoms with Crippen LogP contribution in [0.2, 0.25) is 0 Å². The molecule has 4 heteroatoms. The molecule has 0 saturated carbocycles. The minimum absolute atomic E-state index is 0.770. The lowest BCUT2D eigenvalue weighted by Crippen LogP contribution is -2.04. The van der Waals surface area contributed by atoms with Crippen molar-refractivity contribution in [1.82, 2.24) is 4.98 Å². The van der Waals surface area contributed by atoms with Gasteiger partial charge in [-0.2, -0.15) is 0 Å². The number of aromatic nitrogens is 1. The number of nitrogens with zero attached hydrogens (tertiary/aromatic N) is 2. The van der Waals surface area contributed by atoms with E-state index in [0.717, 1.165) is 64.9 Å². The molecule has 1 aliphatic carbocycles. The normalized spacial score (nSPS) is 12.3. The van der Waals surface area contributed by atoms with Crippen molar-refractivity contribution in [2.24, 2.45) is 4.99 Å². The zero-order valence-electron chi connectivity index (χ0n) is 15.2. The molecular weight excluding hydrogens is 322 g/mol. The molecule has 2 aliphatic rings. The van der Waals surface area contributed by atoms with Gasteiger partial charge in [0.25, 0.3) is 0 Å². The Morgan fingerprint density at radius 3 is 2.65 bits per heavy atom. The molecule has 1 aliphatic heterocycles. The molecule has 2 aromatic rings. The summed E-state index contributed by atoms with van der Waals surface area (Å²) in [7, 11) is 0. The second kappa shape index (κ2) is 7.16. The van der Waals surface area contributed by atoms with Gasteiger partial charge in [-0.25, -0.2) is 4.98 Å². The fourth-order valence-corrected chi connectivity index (χ4v) is 3.19. The predicted octanol–water partition coefficient (Wildman–Crippen LogP) is 5.22. The Bertz CT molecular complexity index is 1100. The Balaban J connectivity index is 1.98. The van der Waals surface area contributed by atoms with Gasteiger partial charge in [-0.15, -0.1) is 0 Å². The van der Waals surface area contributed by atoms with E-state index >= 15 is 0 Å². The molecule has 0 aromatic heterocycles. The van der Waals surface area contributed by atoms with E-state index in [-0.39, 0.29) is 0 Å². The number of benzene rings is 3. The zero-order valence-corrected chi connectivity index (χ0v) is 15.2. The first kappa shape index (κ1) is 16.6. The molecule has 0 saturated heterocycles. The Morgan fingerprint density at radius 2 is 1.85 bits per heavy atom. The number of anilines is 1. The van der Waals surface area contributed by atoms with Gasteiger partial charge < -0.3 is 9.73 Å². The van der Waals surface area contributed by atoms with E-state index in [9.17, 15) is 0 Å². The second-order valence-electron chi connectivity index (χ2n) is 6.49. The number of hydrogen-bond donors (Lipinski definition) is 1. The molecule has 132 valence electrons. The molecule has 0 spiro atoms. The molecule has 4 nitrogen and oxygen atoms in total. The van der Waals surface area contributed by atoms with Crippen LogP contribution in [0.5, 0.6) is 0 Å². The maximum atomic E-state index is 6.23. The third kappa shape index (κ3) is 3.03. The molecule has 4 rings (SSSR count). The van der Waals surface area contributed by atoms with E-state index in [2.05, 4.69) is 48.4 Å². The maximum absolute atomic E-state index is 6.23. The van der Waals surface area contributed by atoms with Crippen LogP contribution in [0.3, 0.4) is 0 Å². The van der Waals surface area contributed by atoms with Crippen LogP contribution in [0, 0.1) is 0 Å². The highest BCUT2D eigenvalue weighted by atomic mass is 16.3. The molecule has 0 amide bonds. The van der Waals surface area contributed by atoms with Crippen LogP contribution in [-0.2, 0) is 0 Å². The van der Waals surface area contributed by atoms with Crippen molar-refractivity contribution < 1.29 is 4.42 Å². The van der Waals surface area contributed by atoms with Crippen LogP contribution in [0.15, 0.2) is 57.9 Å². The van der Waals surface area contributed by atoms with Crippen LogP contribution in [0.25, 0.3) is 33.3 Å². The van der Waals surface area contributed by atoms with Crippen molar-refractivity contribution in [2.75, 3.05) is 18.4 Å². The molecule has 0 bridgehead atoms. The highest BCUT2D eigenvalue weighted by Gasteiger charge is 2.13. The topological polar surface area (TPSA) is 50.4 Å². The Morgan fingerprint density at radius 1 is 1.00 bits per heavy atom. The lowest BCUT2D eigenvalue weighted by Gasteiger charge is -2.13. The number of hydrogen-bond acceptors (Lipinski definition) is 4. The van der Waals surface area contributed by atoms with E-state index in [1.807, 2.05) is 24.3 Å². The quantitative estimate of drug-likeness (QED) is 0.398. The smallest absolute Gasteiger partial charge is 0.155 e. The molecule has 1 N–H and O–H groups in total. The van der Waals surface area contributed by atoms with Gasteiger partial charge in [-0.1, -0.05) is 38.1 Å².